The number of rotatable bonds is 9. The van der Waals surface area contributed by atoms with E-state index < -0.39 is 6.10 Å². The number of halogens is 1. The van der Waals surface area contributed by atoms with E-state index in [4.69, 9.17) is 9.47 Å². The summed E-state index contributed by atoms with van der Waals surface area (Å²) in [7, 11) is 1.61. The molecule has 4 nitrogen and oxygen atoms in total. The van der Waals surface area contributed by atoms with Crippen molar-refractivity contribution in [3.8, 4) is 0 Å². The molecule has 0 radical (unpaired) electrons. The maximum absolute atomic E-state index is 13.5. The minimum Gasteiger partial charge on any atom is -0.389 e. The van der Waals surface area contributed by atoms with Gasteiger partial charge < -0.3 is 19.9 Å². The zero-order chi connectivity index (χ0) is 15.8. The van der Waals surface area contributed by atoms with Gasteiger partial charge in [-0.1, -0.05) is 12.1 Å². The predicted molar refractivity (Wildman–Crippen MR) is 80.9 cm³/mol. The van der Waals surface area contributed by atoms with E-state index in [2.05, 4.69) is 5.32 Å². The van der Waals surface area contributed by atoms with E-state index in [-0.39, 0.29) is 24.6 Å². The molecule has 0 saturated carbocycles. The van der Waals surface area contributed by atoms with Crippen molar-refractivity contribution in [2.45, 2.75) is 39.0 Å². The largest absolute Gasteiger partial charge is 0.389 e. The molecule has 1 rings (SSSR count). The summed E-state index contributed by atoms with van der Waals surface area (Å²) >= 11 is 0. The third-order valence-corrected chi connectivity index (χ3v) is 3.33. The smallest absolute Gasteiger partial charge is 0.126 e. The van der Waals surface area contributed by atoms with Crippen LogP contribution in [0.4, 0.5) is 4.39 Å². The average Bonchev–Trinajstić information content (AvgIpc) is 2.45. The fraction of sp³-hybridized carbons (Fsp3) is 0.625. The van der Waals surface area contributed by atoms with E-state index in [0.29, 0.717) is 18.7 Å². The number of aryl methyl sites for hydroxylation is 1. The predicted octanol–water partition coefficient (Wildman–Crippen LogP) is 2.20. The molecule has 0 fully saturated rings. The van der Waals surface area contributed by atoms with Crippen LogP contribution in [0.1, 0.15) is 31.0 Å². The van der Waals surface area contributed by atoms with E-state index in [1.165, 1.54) is 6.07 Å². The van der Waals surface area contributed by atoms with Crippen LogP contribution in [0.15, 0.2) is 18.2 Å². The molecule has 0 aliphatic carbocycles. The molecular formula is C16H26FNO3. The molecule has 0 aromatic heterocycles. The number of methoxy groups -OCH3 is 1. The molecule has 3 atom stereocenters. The van der Waals surface area contributed by atoms with Crippen molar-refractivity contribution in [1.29, 1.82) is 0 Å². The van der Waals surface area contributed by atoms with Gasteiger partial charge in [-0.3, -0.25) is 0 Å². The third kappa shape index (κ3) is 6.52. The minimum atomic E-state index is -0.609. The first-order valence-corrected chi connectivity index (χ1v) is 7.22. The van der Waals surface area contributed by atoms with Crippen LogP contribution < -0.4 is 5.32 Å². The maximum atomic E-state index is 13.5. The molecule has 3 unspecified atom stereocenters. The molecule has 120 valence electrons. The first-order chi connectivity index (χ1) is 9.93. The number of hydrogen-bond donors (Lipinski definition) is 2. The number of aliphatic hydroxyl groups excluding tert-OH is 1. The topological polar surface area (TPSA) is 50.7 Å². The fourth-order valence-corrected chi connectivity index (χ4v) is 1.93. The van der Waals surface area contributed by atoms with Gasteiger partial charge in [-0.05, 0) is 38.0 Å². The molecule has 0 amide bonds. The van der Waals surface area contributed by atoms with Gasteiger partial charge in [0.1, 0.15) is 5.82 Å². The van der Waals surface area contributed by atoms with Gasteiger partial charge in [-0.2, -0.15) is 0 Å². The van der Waals surface area contributed by atoms with Crippen LogP contribution in [0.5, 0.6) is 0 Å². The highest BCUT2D eigenvalue weighted by molar-refractivity contribution is 5.25. The summed E-state index contributed by atoms with van der Waals surface area (Å²) in [4.78, 5) is 0. The first kappa shape index (κ1) is 18.0. The molecule has 0 heterocycles. The van der Waals surface area contributed by atoms with Gasteiger partial charge in [0.2, 0.25) is 0 Å². The van der Waals surface area contributed by atoms with Crippen LogP contribution in [-0.4, -0.2) is 44.2 Å². The standard InChI is InChI=1S/C16H26FNO3/c1-11-5-6-14(7-16(11)17)13(3)18-8-15(19)10-21-12(2)9-20-4/h5-7,12-13,15,18-19H,8-10H2,1-4H3. The number of aliphatic hydroxyl groups is 1. The molecule has 0 aliphatic heterocycles. The van der Waals surface area contributed by atoms with Gasteiger partial charge in [0.25, 0.3) is 0 Å². The van der Waals surface area contributed by atoms with Crippen molar-refractivity contribution >= 4 is 0 Å². The van der Waals surface area contributed by atoms with Gasteiger partial charge in [0.05, 0.1) is 25.4 Å². The Balaban J connectivity index is 2.34. The molecule has 1 aromatic carbocycles. The van der Waals surface area contributed by atoms with Crippen LogP contribution in [-0.2, 0) is 9.47 Å². The molecule has 0 bridgehead atoms. The van der Waals surface area contributed by atoms with Crippen LogP contribution in [0.2, 0.25) is 0 Å². The van der Waals surface area contributed by atoms with E-state index >= 15 is 0 Å². The Kier molecular flexibility index (Phi) is 7.82. The van der Waals surface area contributed by atoms with Crippen molar-refractivity contribution in [2.75, 3.05) is 26.9 Å². The van der Waals surface area contributed by atoms with Gasteiger partial charge in [-0.15, -0.1) is 0 Å². The lowest BCUT2D eigenvalue weighted by Gasteiger charge is -2.19. The summed E-state index contributed by atoms with van der Waals surface area (Å²) in [5.74, 6) is -0.210. The highest BCUT2D eigenvalue weighted by Crippen LogP contribution is 2.16. The molecule has 1 aromatic rings. The molecule has 2 N–H and O–H groups in total. The van der Waals surface area contributed by atoms with Gasteiger partial charge >= 0.3 is 0 Å². The lowest BCUT2D eigenvalue weighted by molar-refractivity contribution is -0.0315. The number of ether oxygens (including phenoxy) is 2. The Labute approximate surface area is 126 Å². The normalized spacial score (nSPS) is 15.7. The fourth-order valence-electron chi connectivity index (χ4n) is 1.93. The monoisotopic (exact) mass is 299 g/mol. The molecule has 0 spiro atoms. The Morgan fingerprint density at radius 2 is 2.00 bits per heavy atom. The summed E-state index contributed by atoms with van der Waals surface area (Å²) in [6.45, 7) is 6.69. The Hall–Kier alpha value is -1.01. The Bertz CT molecular complexity index is 428. The summed E-state index contributed by atoms with van der Waals surface area (Å²) in [5.41, 5.74) is 1.49. The van der Waals surface area contributed by atoms with Crippen molar-refractivity contribution in [1.82, 2.24) is 5.32 Å². The number of benzene rings is 1. The summed E-state index contributed by atoms with van der Waals surface area (Å²) in [5, 5.41) is 13.0. The molecule has 0 aliphatic rings. The number of nitrogens with one attached hydrogen (secondary N) is 1. The highest BCUT2D eigenvalue weighted by Gasteiger charge is 2.11. The SMILES string of the molecule is COCC(C)OCC(O)CNC(C)c1ccc(C)c(F)c1. The second-order valence-corrected chi connectivity index (χ2v) is 5.39. The zero-order valence-corrected chi connectivity index (χ0v) is 13.2. The van der Waals surface area contributed by atoms with Crippen LogP contribution in [0.3, 0.4) is 0 Å². The second kappa shape index (κ2) is 9.10. The van der Waals surface area contributed by atoms with Crippen molar-refractivity contribution in [2.24, 2.45) is 0 Å². The quantitative estimate of drug-likeness (QED) is 0.734. The molecule has 21 heavy (non-hydrogen) atoms. The van der Waals surface area contributed by atoms with Crippen LogP contribution in [0, 0.1) is 12.7 Å². The summed E-state index contributed by atoms with van der Waals surface area (Å²) in [6.07, 6.45) is -0.657. The molecule has 5 heteroatoms. The Morgan fingerprint density at radius 3 is 2.62 bits per heavy atom. The maximum Gasteiger partial charge on any atom is 0.126 e. The molecular weight excluding hydrogens is 273 g/mol. The zero-order valence-electron chi connectivity index (χ0n) is 13.2. The van der Waals surface area contributed by atoms with E-state index in [1.807, 2.05) is 19.9 Å². The van der Waals surface area contributed by atoms with E-state index in [1.54, 1.807) is 20.1 Å². The van der Waals surface area contributed by atoms with Crippen molar-refractivity contribution < 1.29 is 19.0 Å². The first-order valence-electron chi connectivity index (χ1n) is 7.22. The van der Waals surface area contributed by atoms with Crippen LogP contribution in [0.25, 0.3) is 0 Å². The lowest BCUT2D eigenvalue weighted by Crippen LogP contribution is -2.33. The van der Waals surface area contributed by atoms with Gasteiger partial charge in [-0.25, -0.2) is 4.39 Å². The van der Waals surface area contributed by atoms with E-state index in [9.17, 15) is 9.50 Å². The number of hydrogen-bond acceptors (Lipinski definition) is 4. The van der Waals surface area contributed by atoms with Gasteiger partial charge in [0.15, 0.2) is 0 Å². The Morgan fingerprint density at radius 1 is 1.29 bits per heavy atom. The van der Waals surface area contributed by atoms with Gasteiger partial charge in [0, 0.05) is 19.7 Å². The summed E-state index contributed by atoms with van der Waals surface area (Å²) in [6, 6.07) is 5.14. The molecule has 0 saturated heterocycles. The average molecular weight is 299 g/mol. The van der Waals surface area contributed by atoms with Crippen molar-refractivity contribution in [3.05, 3.63) is 35.1 Å². The van der Waals surface area contributed by atoms with E-state index in [0.717, 1.165) is 5.56 Å². The second-order valence-electron chi connectivity index (χ2n) is 5.39. The van der Waals surface area contributed by atoms with Crippen molar-refractivity contribution in [3.63, 3.8) is 0 Å². The summed E-state index contributed by atoms with van der Waals surface area (Å²) < 4.78 is 23.9. The minimum absolute atomic E-state index is 0.0360. The van der Waals surface area contributed by atoms with Crippen LogP contribution >= 0.6 is 0 Å². The lowest BCUT2D eigenvalue weighted by atomic mass is 10.1. The highest BCUT2D eigenvalue weighted by atomic mass is 19.1. The third-order valence-electron chi connectivity index (χ3n) is 3.33.